The van der Waals surface area contributed by atoms with E-state index >= 15 is 0 Å². The Morgan fingerprint density at radius 1 is 0.523 bits per heavy atom. The predicted octanol–water partition coefficient (Wildman–Crippen LogP) is 6.73. The van der Waals surface area contributed by atoms with Gasteiger partial charge in [0.1, 0.15) is 0 Å². The molecule has 15 heteroatoms. The van der Waals surface area contributed by atoms with Gasteiger partial charge in [0.2, 0.25) is 0 Å². The second kappa shape index (κ2) is 23.3. The minimum Gasteiger partial charge on any atom is -0.437 e. The monoisotopic (exact) mass is 730 g/mol. The molecule has 0 aliphatic rings. The fraction of sp³-hybridized carbons (Fsp3) is 1.00. The highest BCUT2D eigenvalue weighted by atomic mass is 28.5. The molecule has 0 aromatic rings. The van der Waals surface area contributed by atoms with Gasteiger partial charge in [0.25, 0.3) is 8.48 Å². The van der Waals surface area contributed by atoms with Gasteiger partial charge in [-0.25, -0.2) is 0 Å². The molecule has 0 unspecified atom stereocenters. The molecule has 0 radical (unpaired) electrons. The van der Waals surface area contributed by atoms with E-state index in [4.69, 9.17) is 26.9 Å². The van der Waals surface area contributed by atoms with Crippen LogP contribution < -0.4 is 21.3 Å². The van der Waals surface area contributed by atoms with Gasteiger partial charge in [0.15, 0.2) is 25.0 Å². The van der Waals surface area contributed by atoms with E-state index in [0.29, 0.717) is 0 Å². The van der Waals surface area contributed by atoms with Crippen molar-refractivity contribution in [2.75, 3.05) is 52.5 Å². The standard InChI is InChI=1S/C16H42N2O3Si3.C13H36N2O2Si3/c1-22(2,3)20-24(7,21-23(4,5)6)16-10-15-19-14-9-13-18-12-8-11-17;1-9-11-14-12-10-13-15-19(5,6)17-20(7,8)16-18(2,3)4/h18H,8-17H2,1-7H3;14-15H,9-13H2,1-8H3. The first-order valence-electron chi connectivity index (χ1n) is 17.2. The van der Waals surface area contributed by atoms with E-state index in [1.165, 1.54) is 6.42 Å². The Morgan fingerprint density at radius 2 is 1.00 bits per heavy atom. The molecule has 0 atom stereocenters. The summed E-state index contributed by atoms with van der Waals surface area (Å²) in [7, 11) is -10.6. The molecule has 268 valence electrons. The van der Waals surface area contributed by atoms with Crippen molar-refractivity contribution in [1.29, 1.82) is 0 Å². The topological polar surface area (TPSA) is 108 Å². The van der Waals surface area contributed by atoms with Crippen LogP contribution in [0, 0.1) is 0 Å². The van der Waals surface area contributed by atoms with Crippen LogP contribution >= 0.6 is 0 Å². The summed E-state index contributed by atoms with van der Waals surface area (Å²) >= 11 is 0. The Bertz CT molecular complexity index is 689. The van der Waals surface area contributed by atoms with Crippen LogP contribution in [0.15, 0.2) is 0 Å². The van der Waals surface area contributed by atoms with Crippen molar-refractivity contribution in [3.8, 4) is 0 Å². The van der Waals surface area contributed by atoms with Crippen LogP contribution in [0.4, 0.5) is 0 Å². The number of nitrogens with two attached hydrogens (primary N) is 1. The van der Waals surface area contributed by atoms with Gasteiger partial charge in [0, 0.05) is 13.2 Å². The molecule has 0 spiro atoms. The average Bonchev–Trinajstić information content (AvgIpc) is 2.78. The SMILES string of the molecule is CCCNCCCN[Si](C)(C)O[Si](C)(C)O[Si](C)(C)C.C[Si](C)(C)O[Si](C)(CCCOCCCNCCCN)O[Si](C)(C)C. The molecule has 0 amide bonds. The lowest BCUT2D eigenvalue weighted by atomic mass is 10.4. The lowest BCUT2D eigenvalue weighted by Crippen LogP contribution is -2.58. The quantitative estimate of drug-likeness (QED) is 0.0569. The van der Waals surface area contributed by atoms with Gasteiger partial charge in [0.05, 0.1) is 0 Å². The molecule has 5 N–H and O–H groups in total. The maximum absolute atomic E-state index is 6.50. The van der Waals surface area contributed by atoms with Crippen LogP contribution in [0.5, 0.6) is 0 Å². The maximum atomic E-state index is 6.50. The first-order chi connectivity index (χ1) is 19.9. The minimum atomic E-state index is -2.09. The van der Waals surface area contributed by atoms with Crippen molar-refractivity contribution in [2.24, 2.45) is 5.73 Å². The number of hydrogen-bond acceptors (Lipinski definition) is 9. The van der Waals surface area contributed by atoms with E-state index in [-0.39, 0.29) is 0 Å². The second-order valence-electron chi connectivity index (χ2n) is 15.8. The van der Waals surface area contributed by atoms with E-state index in [0.717, 1.165) is 84.2 Å². The number of rotatable bonds is 26. The molecular weight excluding hydrogens is 653 g/mol. The molecule has 0 rings (SSSR count). The van der Waals surface area contributed by atoms with Gasteiger partial charge < -0.3 is 42.5 Å². The maximum Gasteiger partial charge on any atom is 0.314 e. The van der Waals surface area contributed by atoms with Crippen molar-refractivity contribution < 1.29 is 21.2 Å². The van der Waals surface area contributed by atoms with E-state index < -0.39 is 50.6 Å². The highest BCUT2D eigenvalue weighted by molar-refractivity contribution is 6.88. The summed E-state index contributed by atoms with van der Waals surface area (Å²) in [6.07, 6.45) is 5.47. The van der Waals surface area contributed by atoms with Crippen molar-refractivity contribution >= 4 is 50.6 Å². The summed E-state index contributed by atoms with van der Waals surface area (Å²) < 4.78 is 31.4. The average molecular weight is 731 g/mol. The third-order valence-corrected chi connectivity index (χ3v) is 24.9. The summed E-state index contributed by atoms with van der Waals surface area (Å²) in [4.78, 5) is 3.62. The molecule has 0 aromatic heterocycles. The van der Waals surface area contributed by atoms with Gasteiger partial charge in [-0.05, 0) is 169 Å². The molecule has 9 nitrogen and oxygen atoms in total. The van der Waals surface area contributed by atoms with Gasteiger partial charge in [-0.2, -0.15) is 0 Å². The van der Waals surface area contributed by atoms with E-state index in [2.05, 4.69) is 114 Å². The van der Waals surface area contributed by atoms with E-state index in [9.17, 15) is 0 Å². The minimum absolute atomic E-state index is 0.755. The molecule has 0 aromatic carbocycles. The third-order valence-electron chi connectivity index (χ3n) is 5.72. The van der Waals surface area contributed by atoms with Crippen LogP contribution in [-0.2, 0) is 21.2 Å². The van der Waals surface area contributed by atoms with E-state index in [1.54, 1.807) is 0 Å². The van der Waals surface area contributed by atoms with Gasteiger partial charge in [-0.3, -0.25) is 0 Å². The fourth-order valence-electron chi connectivity index (χ4n) is 4.98. The van der Waals surface area contributed by atoms with Crippen LogP contribution in [-0.4, -0.2) is 103 Å². The highest BCUT2D eigenvalue weighted by Crippen LogP contribution is 2.25. The summed E-state index contributed by atoms with van der Waals surface area (Å²) in [5.74, 6) is 0. The van der Waals surface area contributed by atoms with Gasteiger partial charge >= 0.3 is 17.1 Å². The van der Waals surface area contributed by atoms with Crippen LogP contribution in [0.2, 0.25) is 97.7 Å². The molecule has 44 heavy (non-hydrogen) atoms. The Labute approximate surface area is 281 Å². The Kier molecular flexibility index (Phi) is 24.9. The summed E-state index contributed by atoms with van der Waals surface area (Å²) in [6, 6.07) is 1.02. The lowest BCUT2D eigenvalue weighted by Gasteiger charge is -2.38. The Morgan fingerprint density at radius 3 is 1.50 bits per heavy atom. The lowest BCUT2D eigenvalue weighted by molar-refractivity contribution is 0.130. The molecule has 0 saturated carbocycles. The third kappa shape index (κ3) is 34.3. The predicted molar refractivity (Wildman–Crippen MR) is 208 cm³/mol. The highest BCUT2D eigenvalue weighted by Gasteiger charge is 2.40. The number of ether oxygens (including phenoxy) is 1. The van der Waals surface area contributed by atoms with Crippen LogP contribution in [0.3, 0.4) is 0 Å². The molecule has 0 aliphatic carbocycles. The summed E-state index contributed by atoms with van der Waals surface area (Å²) in [5.41, 5.74) is 5.46. The normalized spacial score (nSPS) is 13.6. The Balaban J connectivity index is 0. The molecule has 0 aliphatic heterocycles. The second-order valence-corrected chi connectivity index (χ2v) is 40.7. The number of hydrogen-bond donors (Lipinski definition) is 4. The van der Waals surface area contributed by atoms with Crippen molar-refractivity contribution in [3.63, 3.8) is 0 Å². The molecule has 0 heterocycles. The number of nitrogens with one attached hydrogen (secondary N) is 3. The zero-order chi connectivity index (χ0) is 34.6. The summed E-state index contributed by atoms with van der Waals surface area (Å²) in [6.45, 7) is 41.0. The Hall–Kier alpha value is 0.941. The van der Waals surface area contributed by atoms with Gasteiger partial charge in [-0.1, -0.05) is 6.92 Å². The zero-order valence-corrected chi connectivity index (χ0v) is 38.0. The first kappa shape index (κ1) is 47.1. The zero-order valence-electron chi connectivity index (χ0n) is 32.0. The molecular formula is C29H78N4O5Si6. The van der Waals surface area contributed by atoms with Crippen molar-refractivity contribution in [1.82, 2.24) is 15.6 Å². The van der Waals surface area contributed by atoms with Gasteiger partial charge in [-0.15, -0.1) is 0 Å². The van der Waals surface area contributed by atoms with Crippen LogP contribution in [0.25, 0.3) is 0 Å². The first-order valence-corrected chi connectivity index (χ1v) is 35.7. The fourth-order valence-corrected chi connectivity index (χ4v) is 29.9. The van der Waals surface area contributed by atoms with Crippen LogP contribution in [0.1, 0.15) is 39.0 Å². The smallest absolute Gasteiger partial charge is 0.314 e. The van der Waals surface area contributed by atoms with Crippen molar-refractivity contribution in [2.45, 2.75) is 137 Å². The van der Waals surface area contributed by atoms with Crippen molar-refractivity contribution in [3.05, 3.63) is 0 Å². The molecule has 0 saturated heterocycles. The molecule has 0 bridgehead atoms. The van der Waals surface area contributed by atoms with E-state index in [1.807, 2.05) is 0 Å². The summed E-state index contributed by atoms with van der Waals surface area (Å²) in [5, 5.41) is 6.79. The largest absolute Gasteiger partial charge is 0.437 e. The molecule has 0 fully saturated rings.